The number of pyridine rings is 2. The van der Waals surface area contributed by atoms with Crippen molar-refractivity contribution in [2.75, 3.05) is 34.9 Å². The van der Waals surface area contributed by atoms with Crippen LogP contribution in [0.2, 0.25) is 0 Å². The molecule has 2 heterocycles. The van der Waals surface area contributed by atoms with Gasteiger partial charge in [-0.2, -0.15) is 5.26 Å². The van der Waals surface area contributed by atoms with E-state index in [-0.39, 0.29) is 23.6 Å². The highest BCUT2D eigenvalue weighted by molar-refractivity contribution is 5.82. The number of hydrogen-bond donors (Lipinski definition) is 1. The van der Waals surface area contributed by atoms with Crippen LogP contribution in [-0.2, 0) is 5.60 Å². The molecule has 202 valence electrons. The topological polar surface area (TPSA) is 91.5 Å². The number of fused-ring (bicyclic) bond motifs is 1. The predicted molar refractivity (Wildman–Crippen MR) is 149 cm³/mol. The van der Waals surface area contributed by atoms with Gasteiger partial charge in [-0.1, -0.05) is 12.1 Å². The van der Waals surface area contributed by atoms with Gasteiger partial charge in [0, 0.05) is 28.8 Å². The van der Waals surface area contributed by atoms with E-state index >= 15 is 4.39 Å². The smallest absolute Gasteiger partial charge is 0.217 e. The molecule has 7 nitrogen and oxygen atoms in total. The maximum Gasteiger partial charge on any atom is 0.217 e. The summed E-state index contributed by atoms with van der Waals surface area (Å²) in [5, 5.41) is 23.0. The Morgan fingerprint density at radius 3 is 2.44 bits per heavy atom. The zero-order valence-corrected chi connectivity index (χ0v) is 23.1. The van der Waals surface area contributed by atoms with E-state index in [1.807, 2.05) is 51.0 Å². The minimum atomic E-state index is -1.68. The number of aromatic nitrogens is 2. The summed E-state index contributed by atoms with van der Waals surface area (Å²) in [4.78, 5) is 11.4. The zero-order chi connectivity index (χ0) is 28.3. The minimum Gasteiger partial charge on any atom is -0.494 e. The molecular weight excluding hydrogens is 495 g/mol. The van der Waals surface area contributed by atoms with Crippen LogP contribution in [0, 0.1) is 31.0 Å². The maximum absolute atomic E-state index is 16.1. The summed E-state index contributed by atoms with van der Waals surface area (Å²) in [6, 6.07) is 17.8. The fourth-order valence-electron chi connectivity index (χ4n) is 5.08. The van der Waals surface area contributed by atoms with Gasteiger partial charge in [0.15, 0.2) is 11.6 Å². The first kappa shape index (κ1) is 28.0. The average molecular weight is 529 g/mol. The lowest BCUT2D eigenvalue weighted by molar-refractivity contribution is -0.00139. The van der Waals surface area contributed by atoms with Crippen molar-refractivity contribution in [3.8, 4) is 17.7 Å². The fraction of sp³-hybridized carbons (Fsp3) is 0.323. The number of aliphatic hydroxyl groups is 1. The van der Waals surface area contributed by atoms with Gasteiger partial charge in [0.05, 0.1) is 43.0 Å². The number of ether oxygens (including phenoxy) is 2. The van der Waals surface area contributed by atoms with Crippen molar-refractivity contribution < 1.29 is 19.0 Å². The van der Waals surface area contributed by atoms with E-state index in [2.05, 4.69) is 6.07 Å². The summed E-state index contributed by atoms with van der Waals surface area (Å²) in [6.45, 7) is 4.30. The number of hydrogen-bond acceptors (Lipinski definition) is 7. The summed E-state index contributed by atoms with van der Waals surface area (Å²) >= 11 is 0. The van der Waals surface area contributed by atoms with Crippen LogP contribution in [0.4, 0.5) is 4.39 Å². The molecule has 4 rings (SSSR count). The normalized spacial score (nSPS) is 13.6. The molecule has 0 fully saturated rings. The van der Waals surface area contributed by atoms with Gasteiger partial charge in [0.2, 0.25) is 5.88 Å². The second-order valence-electron chi connectivity index (χ2n) is 10.1. The molecule has 0 saturated heterocycles. The summed E-state index contributed by atoms with van der Waals surface area (Å²) < 4.78 is 27.2. The molecule has 0 bridgehead atoms. The molecule has 0 aliphatic rings. The molecule has 0 amide bonds. The van der Waals surface area contributed by atoms with E-state index < -0.39 is 17.3 Å². The Morgan fingerprint density at radius 1 is 1.03 bits per heavy atom. The third kappa shape index (κ3) is 5.56. The van der Waals surface area contributed by atoms with E-state index in [0.717, 1.165) is 11.3 Å². The molecule has 0 aliphatic heterocycles. The van der Waals surface area contributed by atoms with Gasteiger partial charge in [-0.05, 0) is 82.4 Å². The van der Waals surface area contributed by atoms with Crippen LogP contribution in [-0.4, -0.2) is 54.8 Å². The lowest BCUT2D eigenvalue weighted by Gasteiger charge is -2.38. The quantitative estimate of drug-likeness (QED) is 0.317. The molecule has 0 unspecified atom stereocenters. The SMILES string of the molecule is COc1cccc([C@H](c2cc3cc(C#N)ccc3nc2OC)[C@@](O)(CCN(C)C)c2cc(C)cc(C)n2)c1F. The van der Waals surface area contributed by atoms with E-state index in [1.165, 1.54) is 14.2 Å². The van der Waals surface area contributed by atoms with Crippen LogP contribution < -0.4 is 9.47 Å². The van der Waals surface area contributed by atoms with E-state index in [0.29, 0.717) is 34.3 Å². The fourth-order valence-corrected chi connectivity index (χ4v) is 5.08. The zero-order valence-electron chi connectivity index (χ0n) is 23.1. The van der Waals surface area contributed by atoms with Crippen molar-refractivity contribution >= 4 is 10.9 Å². The highest BCUT2D eigenvalue weighted by Crippen LogP contribution is 2.48. The van der Waals surface area contributed by atoms with Crippen LogP contribution in [0.3, 0.4) is 0 Å². The van der Waals surface area contributed by atoms with Gasteiger partial charge in [0.1, 0.15) is 5.60 Å². The van der Waals surface area contributed by atoms with Crippen molar-refractivity contribution in [3.05, 3.63) is 94.1 Å². The molecule has 2 aromatic carbocycles. The van der Waals surface area contributed by atoms with Gasteiger partial charge < -0.3 is 19.5 Å². The van der Waals surface area contributed by atoms with Crippen molar-refractivity contribution in [1.82, 2.24) is 14.9 Å². The van der Waals surface area contributed by atoms with E-state index in [4.69, 9.17) is 19.4 Å². The molecule has 0 radical (unpaired) electrons. The summed E-state index contributed by atoms with van der Waals surface area (Å²) in [5.41, 5.74) is 2.16. The second-order valence-corrected chi connectivity index (χ2v) is 10.1. The number of nitrogens with zero attached hydrogens (tertiary/aromatic N) is 4. The van der Waals surface area contributed by atoms with E-state index in [9.17, 15) is 10.4 Å². The predicted octanol–water partition coefficient (Wildman–Crippen LogP) is 5.25. The molecule has 0 saturated carbocycles. The van der Waals surface area contributed by atoms with Crippen LogP contribution in [0.5, 0.6) is 11.6 Å². The van der Waals surface area contributed by atoms with Gasteiger partial charge in [0.25, 0.3) is 0 Å². The summed E-state index contributed by atoms with van der Waals surface area (Å²) in [6.07, 6.45) is 0.233. The first-order valence-corrected chi connectivity index (χ1v) is 12.6. The van der Waals surface area contributed by atoms with Crippen LogP contribution in [0.1, 0.15) is 46.0 Å². The highest BCUT2D eigenvalue weighted by Gasteiger charge is 2.45. The average Bonchev–Trinajstić information content (AvgIpc) is 2.91. The molecular formula is C31H33FN4O3. The molecule has 8 heteroatoms. The standard InChI is InChI=1S/C31H33FN4O3/c1-19-14-20(2)34-27(15-19)31(37,12-13-36(3)4)28(23-8-7-9-26(38-5)29(23)32)24-17-22-16-21(18-33)10-11-25(22)35-30(24)39-6/h7-11,14-17,28,37H,12-13H2,1-6H3/t28-,31-/m1/s1. The van der Waals surface area contributed by atoms with Crippen molar-refractivity contribution in [1.29, 1.82) is 5.26 Å². The van der Waals surface area contributed by atoms with Gasteiger partial charge >= 0.3 is 0 Å². The van der Waals surface area contributed by atoms with Crippen molar-refractivity contribution in [3.63, 3.8) is 0 Å². The second kappa shape index (κ2) is 11.4. The largest absolute Gasteiger partial charge is 0.494 e. The summed E-state index contributed by atoms with van der Waals surface area (Å²) in [7, 11) is 6.73. The van der Waals surface area contributed by atoms with Crippen molar-refractivity contribution in [2.24, 2.45) is 0 Å². The monoisotopic (exact) mass is 528 g/mol. The minimum absolute atomic E-state index is 0.0559. The third-order valence-corrected chi connectivity index (χ3v) is 6.92. The van der Waals surface area contributed by atoms with Gasteiger partial charge in [-0.25, -0.2) is 9.37 Å². The maximum atomic E-state index is 16.1. The van der Waals surface area contributed by atoms with Crippen LogP contribution in [0.15, 0.2) is 54.6 Å². The Kier molecular flexibility index (Phi) is 8.14. The molecule has 1 N–H and O–H groups in total. The number of benzene rings is 2. The van der Waals surface area contributed by atoms with Gasteiger partial charge in [-0.15, -0.1) is 0 Å². The Labute approximate surface area is 228 Å². The molecule has 2 atom stereocenters. The molecule has 4 aromatic rings. The number of aryl methyl sites for hydroxylation is 2. The van der Waals surface area contributed by atoms with Crippen LogP contribution in [0.25, 0.3) is 10.9 Å². The van der Waals surface area contributed by atoms with Crippen LogP contribution >= 0.6 is 0 Å². The molecule has 2 aromatic heterocycles. The number of nitriles is 1. The number of halogens is 1. The summed E-state index contributed by atoms with van der Waals surface area (Å²) in [5.74, 6) is -1.28. The van der Waals surface area contributed by atoms with Gasteiger partial charge in [-0.3, -0.25) is 4.98 Å². The lowest BCUT2D eigenvalue weighted by Crippen LogP contribution is -2.39. The number of methoxy groups -OCH3 is 2. The highest BCUT2D eigenvalue weighted by atomic mass is 19.1. The Hall–Kier alpha value is -4.06. The Morgan fingerprint density at radius 2 is 1.79 bits per heavy atom. The Balaban J connectivity index is 2.12. The first-order valence-electron chi connectivity index (χ1n) is 12.6. The van der Waals surface area contributed by atoms with Crippen molar-refractivity contribution in [2.45, 2.75) is 31.8 Å². The molecule has 0 spiro atoms. The number of rotatable bonds is 9. The lowest BCUT2D eigenvalue weighted by atomic mass is 9.72. The molecule has 39 heavy (non-hydrogen) atoms. The first-order chi connectivity index (χ1) is 18.6. The van der Waals surface area contributed by atoms with E-state index in [1.54, 1.807) is 36.4 Å². The third-order valence-electron chi connectivity index (χ3n) is 6.92. The Bertz CT molecular complexity index is 1530. The molecule has 0 aliphatic carbocycles.